The highest BCUT2D eigenvalue weighted by Crippen LogP contribution is 2.25. The monoisotopic (exact) mass is 291 g/mol. The molecule has 1 aliphatic carbocycles. The second-order valence-corrected chi connectivity index (χ2v) is 5.62. The van der Waals surface area contributed by atoms with E-state index in [0.29, 0.717) is 6.54 Å². The van der Waals surface area contributed by atoms with Gasteiger partial charge in [-0.1, -0.05) is 18.6 Å². The number of carbonyl (C=O) groups is 1. The number of amides is 2. The summed E-state index contributed by atoms with van der Waals surface area (Å²) in [5.74, 6) is 0.185. The Hall–Kier alpha value is -1.75. The van der Waals surface area contributed by atoms with Crippen LogP contribution in [0.3, 0.4) is 0 Å². The summed E-state index contributed by atoms with van der Waals surface area (Å²) in [4.78, 5) is 14.1. The van der Waals surface area contributed by atoms with Crippen LogP contribution in [0.5, 0.6) is 0 Å². The van der Waals surface area contributed by atoms with Gasteiger partial charge in [-0.2, -0.15) is 0 Å². The summed E-state index contributed by atoms with van der Waals surface area (Å²) >= 11 is 0. The van der Waals surface area contributed by atoms with Gasteiger partial charge in [0.25, 0.3) is 0 Å². The molecule has 2 amide bonds. The number of nitrogens with one attached hydrogen (secondary N) is 2. The van der Waals surface area contributed by atoms with Crippen molar-refractivity contribution in [2.24, 2.45) is 5.92 Å². The van der Waals surface area contributed by atoms with Crippen LogP contribution in [0, 0.1) is 5.92 Å². The number of anilines is 2. The molecule has 1 saturated carbocycles. The largest absolute Gasteiger partial charge is 0.393 e. The molecule has 0 bridgehead atoms. The fraction of sp³-hybridized carbons (Fsp3) is 0.562. The highest BCUT2D eigenvalue weighted by atomic mass is 16.3. The van der Waals surface area contributed by atoms with Gasteiger partial charge in [0, 0.05) is 26.1 Å². The van der Waals surface area contributed by atoms with E-state index in [-0.39, 0.29) is 18.1 Å². The van der Waals surface area contributed by atoms with E-state index in [4.69, 9.17) is 0 Å². The summed E-state index contributed by atoms with van der Waals surface area (Å²) in [6.45, 7) is 3.46. The van der Waals surface area contributed by atoms with Gasteiger partial charge in [0.2, 0.25) is 0 Å². The van der Waals surface area contributed by atoms with Crippen molar-refractivity contribution in [3.63, 3.8) is 0 Å². The topological polar surface area (TPSA) is 64.6 Å². The summed E-state index contributed by atoms with van der Waals surface area (Å²) < 4.78 is 0. The van der Waals surface area contributed by atoms with E-state index < -0.39 is 0 Å². The zero-order valence-electron chi connectivity index (χ0n) is 12.8. The molecule has 3 N–H and O–H groups in total. The number of hydrogen-bond donors (Lipinski definition) is 3. The molecule has 0 spiro atoms. The molecule has 1 aliphatic rings. The first-order valence-corrected chi connectivity index (χ1v) is 7.65. The summed E-state index contributed by atoms with van der Waals surface area (Å²) in [7, 11) is 1.99. The summed E-state index contributed by atoms with van der Waals surface area (Å²) in [6.07, 6.45) is 2.59. The molecule has 1 aromatic rings. The standard InChI is InChI=1S/C16H25N3O2/c1-3-19(2)14-9-5-4-8-13(14)18-16(21)17-11-12-7-6-10-15(12)20/h4-5,8-9,12,15,20H,3,6-7,10-11H2,1-2H3,(H2,17,18,21)/t12-,15-/m0/s1. The minimum atomic E-state index is -0.274. The lowest BCUT2D eigenvalue weighted by Gasteiger charge is -2.21. The Morgan fingerprint density at radius 2 is 2.14 bits per heavy atom. The Bertz CT molecular complexity index is 478. The number of para-hydroxylation sites is 2. The van der Waals surface area contributed by atoms with Gasteiger partial charge in [0.1, 0.15) is 0 Å². The van der Waals surface area contributed by atoms with Gasteiger partial charge in [0.15, 0.2) is 0 Å². The van der Waals surface area contributed by atoms with E-state index in [2.05, 4.69) is 22.5 Å². The molecule has 0 aromatic heterocycles. The van der Waals surface area contributed by atoms with Crippen molar-refractivity contribution in [3.05, 3.63) is 24.3 Å². The number of carbonyl (C=O) groups excluding carboxylic acids is 1. The zero-order chi connectivity index (χ0) is 15.2. The van der Waals surface area contributed by atoms with Gasteiger partial charge in [-0.15, -0.1) is 0 Å². The van der Waals surface area contributed by atoms with Gasteiger partial charge in [-0.3, -0.25) is 0 Å². The average molecular weight is 291 g/mol. The number of hydrogen-bond acceptors (Lipinski definition) is 3. The van der Waals surface area contributed by atoms with E-state index in [9.17, 15) is 9.90 Å². The molecule has 0 unspecified atom stereocenters. The van der Waals surface area contributed by atoms with E-state index >= 15 is 0 Å². The fourth-order valence-corrected chi connectivity index (χ4v) is 2.73. The van der Waals surface area contributed by atoms with Crippen molar-refractivity contribution in [2.75, 3.05) is 30.4 Å². The molecule has 2 atom stereocenters. The molecular formula is C16H25N3O2. The van der Waals surface area contributed by atoms with Crippen molar-refractivity contribution < 1.29 is 9.90 Å². The van der Waals surface area contributed by atoms with E-state index in [1.165, 1.54) is 0 Å². The molecule has 116 valence electrons. The van der Waals surface area contributed by atoms with Gasteiger partial charge in [-0.05, 0) is 31.9 Å². The first-order chi connectivity index (χ1) is 10.1. The van der Waals surface area contributed by atoms with Crippen molar-refractivity contribution in [1.82, 2.24) is 5.32 Å². The molecule has 0 radical (unpaired) electrons. The highest BCUT2D eigenvalue weighted by Gasteiger charge is 2.25. The van der Waals surface area contributed by atoms with Crippen LogP contribution in [0.4, 0.5) is 16.2 Å². The van der Waals surface area contributed by atoms with Crippen LogP contribution in [-0.2, 0) is 0 Å². The van der Waals surface area contributed by atoms with Crippen LogP contribution in [0.1, 0.15) is 26.2 Å². The van der Waals surface area contributed by atoms with E-state index in [0.717, 1.165) is 37.2 Å². The average Bonchev–Trinajstić information content (AvgIpc) is 2.90. The van der Waals surface area contributed by atoms with Gasteiger partial charge >= 0.3 is 6.03 Å². The Morgan fingerprint density at radius 1 is 1.38 bits per heavy atom. The van der Waals surface area contributed by atoms with Crippen molar-refractivity contribution in [2.45, 2.75) is 32.3 Å². The van der Waals surface area contributed by atoms with Gasteiger partial charge in [-0.25, -0.2) is 4.79 Å². The molecule has 1 aromatic carbocycles. The Morgan fingerprint density at radius 3 is 2.81 bits per heavy atom. The Balaban J connectivity index is 1.90. The Kier molecular flexibility index (Phi) is 5.44. The maximum Gasteiger partial charge on any atom is 0.319 e. The molecule has 5 heteroatoms. The van der Waals surface area contributed by atoms with Crippen molar-refractivity contribution in [3.8, 4) is 0 Å². The zero-order valence-corrected chi connectivity index (χ0v) is 12.8. The predicted octanol–water partition coefficient (Wildman–Crippen LogP) is 2.43. The van der Waals surface area contributed by atoms with Crippen LogP contribution in [0.2, 0.25) is 0 Å². The van der Waals surface area contributed by atoms with Crippen LogP contribution >= 0.6 is 0 Å². The smallest absolute Gasteiger partial charge is 0.319 e. The van der Waals surface area contributed by atoms with Crippen molar-refractivity contribution >= 4 is 17.4 Å². The number of urea groups is 1. The first-order valence-electron chi connectivity index (χ1n) is 7.65. The number of nitrogens with zero attached hydrogens (tertiary/aromatic N) is 1. The van der Waals surface area contributed by atoms with E-state index in [1.54, 1.807) is 0 Å². The fourth-order valence-electron chi connectivity index (χ4n) is 2.73. The molecule has 1 fully saturated rings. The molecule has 2 rings (SSSR count). The maximum absolute atomic E-state index is 12.0. The number of aliphatic hydroxyl groups excluding tert-OH is 1. The molecule has 21 heavy (non-hydrogen) atoms. The molecule has 0 heterocycles. The first kappa shape index (κ1) is 15.6. The summed E-state index contributed by atoms with van der Waals surface area (Å²) in [6, 6.07) is 7.53. The lowest BCUT2D eigenvalue weighted by Crippen LogP contribution is -2.35. The predicted molar refractivity (Wildman–Crippen MR) is 85.8 cm³/mol. The third-order valence-electron chi connectivity index (χ3n) is 4.18. The van der Waals surface area contributed by atoms with Gasteiger partial charge < -0.3 is 20.6 Å². The number of rotatable bonds is 5. The number of aliphatic hydroxyl groups is 1. The molecule has 0 aliphatic heterocycles. The third kappa shape index (κ3) is 4.11. The second kappa shape index (κ2) is 7.31. The normalized spacial score (nSPS) is 21.1. The third-order valence-corrected chi connectivity index (χ3v) is 4.18. The molecule has 5 nitrogen and oxygen atoms in total. The quantitative estimate of drug-likeness (QED) is 0.780. The van der Waals surface area contributed by atoms with Crippen LogP contribution in [0.15, 0.2) is 24.3 Å². The van der Waals surface area contributed by atoms with E-state index in [1.807, 2.05) is 31.3 Å². The molecule has 0 saturated heterocycles. The highest BCUT2D eigenvalue weighted by molar-refractivity contribution is 5.93. The molecular weight excluding hydrogens is 266 g/mol. The SMILES string of the molecule is CCN(C)c1ccccc1NC(=O)NC[C@@H]1CCC[C@@H]1O. The summed E-state index contributed by atoms with van der Waals surface area (Å²) in [5.41, 5.74) is 1.79. The van der Waals surface area contributed by atoms with Crippen LogP contribution in [0.25, 0.3) is 0 Å². The Labute approximate surface area is 126 Å². The van der Waals surface area contributed by atoms with Crippen LogP contribution in [-0.4, -0.2) is 37.4 Å². The lowest BCUT2D eigenvalue weighted by molar-refractivity contribution is 0.133. The van der Waals surface area contributed by atoms with Crippen LogP contribution < -0.4 is 15.5 Å². The lowest BCUT2D eigenvalue weighted by atomic mass is 10.1. The minimum Gasteiger partial charge on any atom is -0.393 e. The summed E-state index contributed by atoms with van der Waals surface area (Å²) in [5, 5.41) is 15.5. The van der Waals surface area contributed by atoms with Gasteiger partial charge in [0.05, 0.1) is 17.5 Å². The number of benzene rings is 1. The van der Waals surface area contributed by atoms with Crippen molar-refractivity contribution in [1.29, 1.82) is 0 Å². The minimum absolute atomic E-state index is 0.185. The maximum atomic E-state index is 12.0. The second-order valence-electron chi connectivity index (χ2n) is 5.62.